The third kappa shape index (κ3) is 3.74. The number of nitrogens with zero attached hydrogens (tertiary/aromatic N) is 1. The van der Waals surface area contributed by atoms with E-state index < -0.39 is 0 Å². The number of hydrogen-bond acceptors (Lipinski definition) is 2. The van der Waals surface area contributed by atoms with Gasteiger partial charge in [-0.05, 0) is 31.9 Å². The van der Waals surface area contributed by atoms with Gasteiger partial charge in [-0.1, -0.05) is 13.0 Å². The van der Waals surface area contributed by atoms with E-state index in [-0.39, 0.29) is 11.9 Å². The molecule has 0 aliphatic heterocycles. The predicted molar refractivity (Wildman–Crippen MR) is 64.6 cm³/mol. The summed E-state index contributed by atoms with van der Waals surface area (Å²) in [5.41, 5.74) is 0.889. The molecule has 0 saturated heterocycles. The summed E-state index contributed by atoms with van der Waals surface area (Å²) < 4.78 is 12.7. The molecule has 0 bridgehead atoms. The summed E-state index contributed by atoms with van der Waals surface area (Å²) in [6.45, 7) is 7.90. The van der Waals surface area contributed by atoms with Crippen molar-refractivity contribution >= 4 is 0 Å². The molecule has 1 aromatic rings. The molecule has 2 unspecified atom stereocenters. The zero-order valence-electron chi connectivity index (χ0n) is 9.91. The van der Waals surface area contributed by atoms with Crippen LogP contribution in [0.15, 0.2) is 31.0 Å². The molecule has 16 heavy (non-hydrogen) atoms. The van der Waals surface area contributed by atoms with E-state index in [2.05, 4.69) is 30.7 Å². The number of rotatable bonds is 6. The van der Waals surface area contributed by atoms with Crippen molar-refractivity contribution in [3.63, 3.8) is 0 Å². The van der Waals surface area contributed by atoms with Crippen LogP contribution in [-0.4, -0.2) is 11.0 Å². The van der Waals surface area contributed by atoms with Gasteiger partial charge in [-0.15, -0.1) is 6.58 Å². The lowest BCUT2D eigenvalue weighted by Gasteiger charge is -2.21. The Kier molecular flexibility index (Phi) is 5.12. The van der Waals surface area contributed by atoms with Crippen LogP contribution in [0.25, 0.3) is 0 Å². The molecule has 0 aliphatic rings. The van der Waals surface area contributed by atoms with Crippen LogP contribution in [0.3, 0.4) is 0 Å². The highest BCUT2D eigenvalue weighted by molar-refractivity contribution is 5.10. The molecule has 0 fully saturated rings. The Labute approximate surface area is 96.6 Å². The lowest BCUT2D eigenvalue weighted by molar-refractivity contribution is 0.439. The molecular weight excluding hydrogens is 203 g/mol. The van der Waals surface area contributed by atoms with E-state index in [0.717, 1.165) is 18.5 Å². The molecule has 0 saturated carbocycles. The smallest absolute Gasteiger partial charge is 0.141 e. The third-order valence-electron chi connectivity index (χ3n) is 2.52. The number of pyridine rings is 1. The third-order valence-corrected chi connectivity index (χ3v) is 2.52. The molecule has 0 aromatic carbocycles. The first-order valence-electron chi connectivity index (χ1n) is 5.65. The van der Waals surface area contributed by atoms with Gasteiger partial charge >= 0.3 is 0 Å². The normalized spacial score (nSPS) is 14.4. The van der Waals surface area contributed by atoms with Gasteiger partial charge in [-0.2, -0.15) is 0 Å². The first kappa shape index (κ1) is 12.8. The molecular formula is C13H19FN2. The minimum atomic E-state index is -0.294. The van der Waals surface area contributed by atoms with Gasteiger partial charge in [0.25, 0.3) is 0 Å². The van der Waals surface area contributed by atoms with Crippen LogP contribution >= 0.6 is 0 Å². The lowest BCUT2D eigenvalue weighted by Crippen LogP contribution is -2.30. The Morgan fingerprint density at radius 3 is 2.81 bits per heavy atom. The van der Waals surface area contributed by atoms with E-state index in [4.69, 9.17) is 0 Å². The van der Waals surface area contributed by atoms with Gasteiger partial charge in [0.15, 0.2) is 0 Å². The second-order valence-corrected chi connectivity index (χ2v) is 3.95. The van der Waals surface area contributed by atoms with E-state index in [1.54, 1.807) is 6.07 Å². The topological polar surface area (TPSA) is 24.9 Å². The molecule has 88 valence electrons. The Morgan fingerprint density at radius 1 is 1.56 bits per heavy atom. The van der Waals surface area contributed by atoms with Gasteiger partial charge < -0.3 is 5.32 Å². The van der Waals surface area contributed by atoms with E-state index in [9.17, 15) is 4.39 Å². The van der Waals surface area contributed by atoms with Crippen molar-refractivity contribution < 1.29 is 4.39 Å². The molecule has 1 rings (SSSR count). The van der Waals surface area contributed by atoms with E-state index >= 15 is 0 Å². The van der Waals surface area contributed by atoms with Crippen LogP contribution in [0.1, 0.15) is 38.4 Å². The van der Waals surface area contributed by atoms with Crippen molar-refractivity contribution in [2.45, 2.75) is 38.8 Å². The van der Waals surface area contributed by atoms with Crippen molar-refractivity contribution in [3.05, 3.63) is 42.5 Å². The van der Waals surface area contributed by atoms with Gasteiger partial charge in [0.1, 0.15) is 5.82 Å². The minimum absolute atomic E-state index is 0.176. The zero-order valence-corrected chi connectivity index (χ0v) is 9.91. The molecule has 1 N–H and O–H groups in total. The summed E-state index contributed by atoms with van der Waals surface area (Å²) in [5.74, 6) is -0.294. The van der Waals surface area contributed by atoms with Gasteiger partial charge in [0.05, 0.1) is 11.9 Å². The standard InChI is InChI=1S/C13H19FN2/c1-4-6-10(3)16-12(5-2)13-8-7-11(14)9-15-13/h4,7-10,12,16H,1,5-6H2,2-3H3. The Bertz CT molecular complexity index is 321. The number of halogens is 1. The summed E-state index contributed by atoms with van der Waals surface area (Å²) >= 11 is 0. The molecule has 2 atom stereocenters. The first-order chi connectivity index (χ1) is 7.67. The predicted octanol–water partition coefficient (Wildman–Crippen LogP) is 3.23. The Balaban J connectivity index is 2.66. The maximum atomic E-state index is 12.7. The average Bonchev–Trinajstić information content (AvgIpc) is 2.27. The van der Waals surface area contributed by atoms with Crippen molar-refractivity contribution in [2.75, 3.05) is 0 Å². The highest BCUT2D eigenvalue weighted by Gasteiger charge is 2.12. The number of aromatic nitrogens is 1. The van der Waals surface area contributed by atoms with Crippen molar-refractivity contribution in [3.8, 4) is 0 Å². The fourth-order valence-corrected chi connectivity index (χ4v) is 1.67. The average molecular weight is 222 g/mol. The maximum Gasteiger partial charge on any atom is 0.141 e. The summed E-state index contributed by atoms with van der Waals surface area (Å²) in [6, 6.07) is 3.71. The summed E-state index contributed by atoms with van der Waals surface area (Å²) in [7, 11) is 0. The highest BCUT2D eigenvalue weighted by Crippen LogP contribution is 2.15. The van der Waals surface area contributed by atoms with Gasteiger partial charge in [0.2, 0.25) is 0 Å². The van der Waals surface area contributed by atoms with Crippen molar-refractivity contribution in [2.24, 2.45) is 0 Å². The molecule has 0 radical (unpaired) electrons. The second-order valence-electron chi connectivity index (χ2n) is 3.95. The zero-order chi connectivity index (χ0) is 12.0. The van der Waals surface area contributed by atoms with Crippen LogP contribution in [0, 0.1) is 5.82 Å². The largest absolute Gasteiger partial charge is 0.306 e. The monoisotopic (exact) mass is 222 g/mol. The molecule has 2 nitrogen and oxygen atoms in total. The van der Waals surface area contributed by atoms with Gasteiger partial charge in [0, 0.05) is 12.1 Å². The molecule has 0 spiro atoms. The first-order valence-corrected chi connectivity index (χ1v) is 5.65. The maximum absolute atomic E-state index is 12.7. The lowest BCUT2D eigenvalue weighted by atomic mass is 10.1. The number of nitrogens with one attached hydrogen (secondary N) is 1. The summed E-state index contributed by atoms with van der Waals surface area (Å²) in [4.78, 5) is 4.10. The number of hydrogen-bond donors (Lipinski definition) is 1. The Hall–Kier alpha value is -1.22. The van der Waals surface area contributed by atoms with Crippen LogP contribution < -0.4 is 5.32 Å². The van der Waals surface area contributed by atoms with Crippen molar-refractivity contribution in [1.82, 2.24) is 10.3 Å². The van der Waals surface area contributed by atoms with Gasteiger partial charge in [-0.3, -0.25) is 4.98 Å². The summed E-state index contributed by atoms with van der Waals surface area (Å²) in [5, 5.41) is 3.45. The Morgan fingerprint density at radius 2 is 2.31 bits per heavy atom. The molecule has 3 heteroatoms. The second kappa shape index (κ2) is 6.38. The molecule has 1 heterocycles. The van der Waals surface area contributed by atoms with Crippen LogP contribution in [0.2, 0.25) is 0 Å². The van der Waals surface area contributed by atoms with Crippen molar-refractivity contribution in [1.29, 1.82) is 0 Å². The quantitative estimate of drug-likeness (QED) is 0.747. The summed E-state index contributed by atoms with van der Waals surface area (Å²) in [6.07, 6.45) is 5.00. The van der Waals surface area contributed by atoms with Crippen LogP contribution in [0.4, 0.5) is 4.39 Å². The van der Waals surface area contributed by atoms with E-state index in [1.165, 1.54) is 12.3 Å². The highest BCUT2D eigenvalue weighted by atomic mass is 19.1. The molecule has 0 amide bonds. The van der Waals surface area contributed by atoms with Crippen LogP contribution in [0.5, 0.6) is 0 Å². The molecule has 0 aliphatic carbocycles. The van der Waals surface area contributed by atoms with Crippen LogP contribution in [-0.2, 0) is 0 Å². The van der Waals surface area contributed by atoms with E-state index in [1.807, 2.05) is 6.08 Å². The van der Waals surface area contributed by atoms with E-state index in [0.29, 0.717) is 6.04 Å². The fraction of sp³-hybridized carbons (Fsp3) is 0.462. The fourth-order valence-electron chi connectivity index (χ4n) is 1.67. The molecule has 1 aromatic heterocycles. The van der Waals surface area contributed by atoms with Gasteiger partial charge in [-0.25, -0.2) is 4.39 Å². The minimum Gasteiger partial charge on any atom is -0.306 e. The SMILES string of the molecule is C=CCC(C)NC(CC)c1ccc(F)cn1.